The molecule has 1 aromatic carbocycles. The lowest BCUT2D eigenvalue weighted by Gasteiger charge is -2.16. The van der Waals surface area contributed by atoms with E-state index >= 15 is 0 Å². The zero-order valence-electron chi connectivity index (χ0n) is 11.3. The number of Topliss-reactive ketones (excluding diaryl/α,β-unsaturated/α-hetero) is 1. The maximum Gasteiger partial charge on any atom is 0.231 e. The molecule has 4 nitrogen and oxygen atoms in total. The normalized spacial score (nSPS) is 16.4. The average molecular weight is 269 g/mol. The highest BCUT2D eigenvalue weighted by Crippen LogP contribution is 2.36. The van der Waals surface area contributed by atoms with Crippen LogP contribution in [0.3, 0.4) is 0 Å². The number of hydrogen-bond donors (Lipinski definition) is 0. The molecular weight excluding hydrogens is 254 g/mol. The van der Waals surface area contributed by atoms with Crippen molar-refractivity contribution in [3.8, 4) is 17.2 Å². The molecule has 2 heterocycles. The Balaban J connectivity index is 1.88. The lowest BCUT2D eigenvalue weighted by atomic mass is 9.96. The zero-order valence-corrected chi connectivity index (χ0v) is 11.3. The highest BCUT2D eigenvalue weighted by atomic mass is 16.7. The molecule has 0 fully saturated rings. The largest absolute Gasteiger partial charge is 0.454 e. The lowest BCUT2D eigenvalue weighted by molar-refractivity contribution is 0.0972. The van der Waals surface area contributed by atoms with Crippen molar-refractivity contribution in [2.45, 2.75) is 26.2 Å². The van der Waals surface area contributed by atoms with E-state index in [2.05, 4.69) is 4.57 Å². The van der Waals surface area contributed by atoms with Crippen molar-refractivity contribution >= 4 is 5.78 Å². The minimum atomic E-state index is 0.258. The van der Waals surface area contributed by atoms with Crippen LogP contribution in [-0.2, 0) is 6.42 Å². The number of aryl methyl sites for hydroxylation is 1. The molecule has 1 aliphatic carbocycles. The predicted molar refractivity (Wildman–Crippen MR) is 73.9 cm³/mol. The summed E-state index contributed by atoms with van der Waals surface area (Å²) in [5.41, 5.74) is 4.12. The van der Waals surface area contributed by atoms with E-state index in [0.717, 1.165) is 47.0 Å². The molecule has 1 aromatic heterocycles. The molecule has 0 saturated carbocycles. The Hall–Kier alpha value is -2.23. The molecule has 0 atom stereocenters. The average Bonchev–Trinajstić information content (AvgIpc) is 3.02. The minimum absolute atomic E-state index is 0.258. The molecule has 2 aliphatic rings. The Morgan fingerprint density at radius 3 is 2.85 bits per heavy atom. The maximum absolute atomic E-state index is 12.0. The van der Waals surface area contributed by atoms with E-state index in [1.807, 2.05) is 31.2 Å². The van der Waals surface area contributed by atoms with E-state index in [1.54, 1.807) is 0 Å². The second kappa shape index (κ2) is 4.13. The molecule has 1 aliphatic heterocycles. The van der Waals surface area contributed by atoms with Gasteiger partial charge in [0.15, 0.2) is 17.3 Å². The van der Waals surface area contributed by atoms with Crippen LogP contribution in [0.2, 0.25) is 0 Å². The number of ether oxygens (including phenoxy) is 2. The van der Waals surface area contributed by atoms with Crippen LogP contribution in [0, 0.1) is 6.92 Å². The Labute approximate surface area is 116 Å². The first-order valence-corrected chi connectivity index (χ1v) is 6.88. The van der Waals surface area contributed by atoms with E-state index < -0.39 is 0 Å². The quantitative estimate of drug-likeness (QED) is 0.799. The maximum atomic E-state index is 12.0. The molecular formula is C16H15NO3. The first kappa shape index (κ1) is 11.6. The number of benzene rings is 1. The summed E-state index contributed by atoms with van der Waals surface area (Å²) in [6.07, 6.45) is 2.54. The van der Waals surface area contributed by atoms with Gasteiger partial charge in [-0.2, -0.15) is 0 Å². The van der Waals surface area contributed by atoms with Gasteiger partial charge < -0.3 is 14.0 Å². The van der Waals surface area contributed by atoms with Crippen molar-refractivity contribution < 1.29 is 14.3 Å². The van der Waals surface area contributed by atoms with Gasteiger partial charge in [0.1, 0.15) is 0 Å². The SMILES string of the molecule is Cc1cc2c(n1-c1ccc3c(c1)OCO3)CCCC2=O. The van der Waals surface area contributed by atoms with Crippen molar-refractivity contribution in [2.75, 3.05) is 6.79 Å². The van der Waals surface area contributed by atoms with Crippen molar-refractivity contribution in [2.24, 2.45) is 0 Å². The van der Waals surface area contributed by atoms with Crippen LogP contribution in [-0.4, -0.2) is 17.1 Å². The van der Waals surface area contributed by atoms with E-state index in [-0.39, 0.29) is 12.6 Å². The topological polar surface area (TPSA) is 40.5 Å². The fraction of sp³-hybridized carbons (Fsp3) is 0.312. The summed E-state index contributed by atoms with van der Waals surface area (Å²) in [4.78, 5) is 12.0. The van der Waals surface area contributed by atoms with Crippen LogP contribution in [0.25, 0.3) is 5.69 Å². The van der Waals surface area contributed by atoms with Gasteiger partial charge in [-0.3, -0.25) is 4.79 Å². The molecule has 20 heavy (non-hydrogen) atoms. The van der Waals surface area contributed by atoms with Gasteiger partial charge in [-0.05, 0) is 38.0 Å². The molecule has 0 amide bonds. The molecule has 102 valence electrons. The summed E-state index contributed by atoms with van der Waals surface area (Å²) in [7, 11) is 0. The van der Waals surface area contributed by atoms with Gasteiger partial charge in [-0.25, -0.2) is 0 Å². The summed E-state index contributed by atoms with van der Waals surface area (Å²) in [5, 5.41) is 0. The molecule has 0 unspecified atom stereocenters. The summed E-state index contributed by atoms with van der Waals surface area (Å²) in [6.45, 7) is 2.32. The molecule has 0 saturated heterocycles. The molecule has 0 N–H and O–H groups in total. The fourth-order valence-corrected chi connectivity index (χ4v) is 3.11. The van der Waals surface area contributed by atoms with Crippen LogP contribution < -0.4 is 9.47 Å². The molecule has 0 bridgehead atoms. The monoisotopic (exact) mass is 269 g/mol. The van der Waals surface area contributed by atoms with E-state index in [1.165, 1.54) is 0 Å². The summed E-state index contributed by atoms with van der Waals surface area (Å²) >= 11 is 0. The van der Waals surface area contributed by atoms with Crippen LogP contribution in [0.4, 0.5) is 0 Å². The fourth-order valence-electron chi connectivity index (χ4n) is 3.11. The second-order valence-corrected chi connectivity index (χ2v) is 5.30. The van der Waals surface area contributed by atoms with Gasteiger partial charge >= 0.3 is 0 Å². The smallest absolute Gasteiger partial charge is 0.231 e. The number of hydrogen-bond acceptors (Lipinski definition) is 3. The van der Waals surface area contributed by atoms with Crippen LogP contribution in [0.1, 0.15) is 34.6 Å². The Morgan fingerprint density at radius 1 is 1.10 bits per heavy atom. The summed E-state index contributed by atoms with van der Waals surface area (Å²) in [6, 6.07) is 7.92. The van der Waals surface area contributed by atoms with E-state index in [0.29, 0.717) is 6.42 Å². The van der Waals surface area contributed by atoms with Crippen molar-refractivity contribution in [3.05, 3.63) is 41.2 Å². The first-order valence-electron chi connectivity index (χ1n) is 6.88. The van der Waals surface area contributed by atoms with E-state index in [9.17, 15) is 4.79 Å². The Kier molecular flexibility index (Phi) is 2.39. The lowest BCUT2D eigenvalue weighted by Crippen LogP contribution is -2.12. The number of carbonyl (C=O) groups excluding carboxylic acids is 1. The number of carbonyl (C=O) groups is 1. The third-order valence-electron chi connectivity index (χ3n) is 4.02. The van der Waals surface area contributed by atoms with Gasteiger partial charge in [0, 0.05) is 35.1 Å². The number of nitrogens with zero attached hydrogens (tertiary/aromatic N) is 1. The van der Waals surface area contributed by atoms with E-state index in [4.69, 9.17) is 9.47 Å². The predicted octanol–water partition coefficient (Wildman–Crippen LogP) is 3.03. The second-order valence-electron chi connectivity index (χ2n) is 5.30. The molecule has 0 spiro atoms. The van der Waals surface area contributed by atoms with Crippen LogP contribution >= 0.6 is 0 Å². The van der Waals surface area contributed by atoms with Gasteiger partial charge in [0.25, 0.3) is 0 Å². The molecule has 4 rings (SSSR count). The first-order chi connectivity index (χ1) is 9.74. The number of aromatic nitrogens is 1. The van der Waals surface area contributed by atoms with Crippen molar-refractivity contribution in [1.29, 1.82) is 0 Å². The number of rotatable bonds is 1. The zero-order chi connectivity index (χ0) is 13.7. The van der Waals surface area contributed by atoms with Crippen molar-refractivity contribution in [3.63, 3.8) is 0 Å². The number of ketones is 1. The minimum Gasteiger partial charge on any atom is -0.454 e. The summed E-state index contributed by atoms with van der Waals surface area (Å²) < 4.78 is 12.9. The third kappa shape index (κ3) is 1.57. The van der Waals surface area contributed by atoms with Gasteiger partial charge in [0.2, 0.25) is 6.79 Å². The molecule has 0 radical (unpaired) electrons. The third-order valence-corrected chi connectivity index (χ3v) is 4.02. The summed E-state index contributed by atoms with van der Waals surface area (Å²) in [5.74, 6) is 1.81. The van der Waals surface area contributed by atoms with Crippen LogP contribution in [0.5, 0.6) is 11.5 Å². The van der Waals surface area contributed by atoms with Gasteiger partial charge in [-0.1, -0.05) is 0 Å². The van der Waals surface area contributed by atoms with Crippen LogP contribution in [0.15, 0.2) is 24.3 Å². The van der Waals surface area contributed by atoms with Crippen molar-refractivity contribution in [1.82, 2.24) is 4.57 Å². The molecule has 2 aromatic rings. The standard InChI is InChI=1S/C16H15NO3/c1-10-7-12-13(3-2-4-14(12)18)17(10)11-5-6-15-16(8-11)20-9-19-15/h5-8H,2-4,9H2,1H3. The number of fused-ring (bicyclic) bond motifs is 2. The van der Waals surface area contributed by atoms with Gasteiger partial charge in [-0.15, -0.1) is 0 Å². The highest BCUT2D eigenvalue weighted by Gasteiger charge is 2.24. The highest BCUT2D eigenvalue weighted by molar-refractivity contribution is 5.98. The van der Waals surface area contributed by atoms with Gasteiger partial charge in [0.05, 0.1) is 0 Å². The molecule has 4 heteroatoms. The Morgan fingerprint density at radius 2 is 1.95 bits per heavy atom. The Bertz CT molecular complexity index is 715.